The number of hydrogen-bond acceptors (Lipinski definition) is 8. The smallest absolute Gasteiger partial charge is 0.227 e. The number of aromatic nitrogens is 3. The highest BCUT2D eigenvalue weighted by Gasteiger charge is 2.38. The number of nitrogens with two attached hydrogens (primary N) is 1. The molecular weight excluding hydrogens is 556 g/mol. The van der Waals surface area contributed by atoms with Crippen LogP contribution in [0.3, 0.4) is 0 Å². The lowest BCUT2D eigenvalue weighted by atomic mass is 9.73. The molecular formula is C31H39F2N7O3. The van der Waals surface area contributed by atoms with E-state index in [4.69, 9.17) is 15.2 Å². The molecule has 43 heavy (non-hydrogen) atoms. The van der Waals surface area contributed by atoms with Gasteiger partial charge in [0, 0.05) is 58.5 Å². The number of nitrogens with one attached hydrogen (secondary N) is 1. The molecule has 3 aromatic rings. The molecule has 0 radical (unpaired) electrons. The number of anilines is 2. The molecule has 5 atom stereocenters. The summed E-state index contributed by atoms with van der Waals surface area (Å²) in [5.41, 5.74) is 9.10. The van der Waals surface area contributed by atoms with Crippen molar-refractivity contribution >= 4 is 23.6 Å². The molecule has 1 aromatic carbocycles. The van der Waals surface area contributed by atoms with Crippen LogP contribution in [0.5, 0.6) is 5.75 Å². The number of ether oxygens (including phenoxy) is 2. The van der Waals surface area contributed by atoms with Crippen molar-refractivity contribution in [1.82, 2.24) is 19.5 Å². The van der Waals surface area contributed by atoms with Crippen LogP contribution in [-0.4, -0.2) is 72.0 Å². The third-order valence-electron chi connectivity index (χ3n) is 8.56. The second kappa shape index (κ2) is 12.7. The number of carbonyl (C=O) groups excluding carboxylic acids is 1. The fourth-order valence-electron chi connectivity index (χ4n) is 6.47. The Bertz CT molecular complexity index is 1460. The summed E-state index contributed by atoms with van der Waals surface area (Å²) in [5.74, 6) is -0.505. The van der Waals surface area contributed by atoms with Gasteiger partial charge in [-0.25, -0.2) is 18.4 Å². The number of hydrogen-bond donors (Lipinski definition) is 2. The zero-order valence-corrected chi connectivity index (χ0v) is 25.1. The predicted molar refractivity (Wildman–Crippen MR) is 161 cm³/mol. The van der Waals surface area contributed by atoms with Gasteiger partial charge in [-0.05, 0) is 42.4 Å². The SMILES string of the molecule is COCCOc1cc(F)c(C2C=Cc3cnc(Nc4cnccc4[C@H]4C[C@@H](N)[C@@H](N(C)C(C)=O)[C@@H](C)C4)n3N2C)c(F)c1. The highest BCUT2D eigenvalue weighted by molar-refractivity contribution is 5.73. The van der Waals surface area contributed by atoms with Crippen LogP contribution in [0.1, 0.15) is 55.5 Å². The van der Waals surface area contributed by atoms with Gasteiger partial charge >= 0.3 is 0 Å². The van der Waals surface area contributed by atoms with Gasteiger partial charge in [-0.3, -0.25) is 9.78 Å². The molecule has 1 unspecified atom stereocenters. The van der Waals surface area contributed by atoms with E-state index in [0.29, 0.717) is 19.0 Å². The van der Waals surface area contributed by atoms with E-state index < -0.39 is 17.7 Å². The molecule has 1 aliphatic carbocycles. The van der Waals surface area contributed by atoms with E-state index in [1.165, 1.54) is 19.2 Å². The van der Waals surface area contributed by atoms with E-state index in [0.717, 1.165) is 23.4 Å². The van der Waals surface area contributed by atoms with Crippen LogP contribution in [0.15, 0.2) is 42.9 Å². The number of nitrogens with zero attached hydrogens (tertiary/aromatic N) is 5. The van der Waals surface area contributed by atoms with Gasteiger partial charge in [0.1, 0.15) is 24.0 Å². The van der Waals surface area contributed by atoms with Gasteiger partial charge in [-0.2, -0.15) is 0 Å². The van der Waals surface area contributed by atoms with Crippen LogP contribution in [-0.2, 0) is 9.53 Å². The molecule has 5 rings (SSSR count). The molecule has 1 amide bonds. The van der Waals surface area contributed by atoms with Gasteiger partial charge in [-0.1, -0.05) is 13.0 Å². The minimum Gasteiger partial charge on any atom is -0.491 e. The van der Waals surface area contributed by atoms with E-state index in [9.17, 15) is 4.79 Å². The number of methoxy groups -OCH3 is 1. The van der Waals surface area contributed by atoms with E-state index in [-0.39, 0.29) is 47.7 Å². The lowest BCUT2D eigenvalue weighted by Gasteiger charge is -2.43. The highest BCUT2D eigenvalue weighted by atomic mass is 19.1. The van der Waals surface area contributed by atoms with Crippen molar-refractivity contribution in [2.45, 2.75) is 50.7 Å². The summed E-state index contributed by atoms with van der Waals surface area (Å²) >= 11 is 0. The Hall–Kier alpha value is -4.03. The standard InChI is InChI=1S/C31H39F2N7O3/c1-18-12-20(13-26(34)30(18)38(3)19(2)41)23-8-9-35-17-27(23)37-31-36-16-21-6-7-28(39(4)40(21)31)29-24(32)14-22(15-25(29)33)43-11-10-42-5/h6-9,14-18,20,26,28,30H,10-13,34H2,1-5H3,(H,36,37)/t18-,20+,26+,28?,30-/m0/s1. The zero-order chi connectivity index (χ0) is 30.8. The Morgan fingerprint density at radius 1 is 1.21 bits per heavy atom. The largest absolute Gasteiger partial charge is 0.491 e. The number of pyridine rings is 1. The van der Waals surface area contributed by atoms with Crippen molar-refractivity contribution in [3.05, 3.63) is 71.3 Å². The molecule has 1 aliphatic heterocycles. The van der Waals surface area contributed by atoms with Crippen molar-refractivity contribution in [2.24, 2.45) is 11.7 Å². The first kappa shape index (κ1) is 30.4. The second-order valence-corrected chi connectivity index (χ2v) is 11.4. The molecule has 1 saturated carbocycles. The zero-order valence-electron chi connectivity index (χ0n) is 25.1. The molecule has 3 heterocycles. The quantitative estimate of drug-likeness (QED) is 0.352. The molecule has 1 fully saturated rings. The van der Waals surface area contributed by atoms with E-state index in [1.54, 1.807) is 59.3 Å². The van der Waals surface area contributed by atoms with E-state index in [1.807, 2.05) is 13.1 Å². The summed E-state index contributed by atoms with van der Waals surface area (Å²) in [6.07, 6.45) is 10.3. The topological polar surface area (TPSA) is 111 Å². The fraction of sp³-hybridized carbons (Fsp3) is 0.452. The number of fused-ring (bicyclic) bond motifs is 1. The summed E-state index contributed by atoms with van der Waals surface area (Å²) in [6, 6.07) is 3.41. The number of amides is 1. The van der Waals surface area contributed by atoms with Crippen LogP contribution in [0.2, 0.25) is 0 Å². The first-order valence-electron chi connectivity index (χ1n) is 14.4. The fourth-order valence-corrected chi connectivity index (χ4v) is 6.47. The number of carbonyl (C=O) groups is 1. The van der Waals surface area contributed by atoms with Gasteiger partial charge in [-0.15, -0.1) is 0 Å². The van der Waals surface area contributed by atoms with Crippen molar-refractivity contribution < 1.29 is 23.0 Å². The van der Waals surface area contributed by atoms with Crippen LogP contribution >= 0.6 is 0 Å². The van der Waals surface area contributed by atoms with Gasteiger partial charge < -0.3 is 30.4 Å². The maximum Gasteiger partial charge on any atom is 0.227 e. The highest BCUT2D eigenvalue weighted by Crippen LogP contribution is 2.41. The number of benzene rings is 1. The molecule has 2 aromatic heterocycles. The predicted octanol–water partition coefficient (Wildman–Crippen LogP) is 4.35. The summed E-state index contributed by atoms with van der Waals surface area (Å²) in [5, 5.41) is 5.15. The van der Waals surface area contributed by atoms with Crippen molar-refractivity contribution in [3.8, 4) is 5.75 Å². The lowest BCUT2D eigenvalue weighted by molar-refractivity contribution is -0.131. The van der Waals surface area contributed by atoms with Crippen molar-refractivity contribution in [3.63, 3.8) is 0 Å². The number of likely N-dealkylation sites (N-methyl/N-ethyl adjacent to an activating group) is 2. The minimum atomic E-state index is -0.740. The molecule has 0 saturated heterocycles. The number of imidazole rings is 1. The minimum absolute atomic E-state index is 0.00341. The second-order valence-electron chi connectivity index (χ2n) is 11.4. The third kappa shape index (κ3) is 6.07. The maximum atomic E-state index is 15.3. The van der Waals surface area contributed by atoms with Gasteiger partial charge in [0.15, 0.2) is 0 Å². The summed E-state index contributed by atoms with van der Waals surface area (Å²) < 4.78 is 42.7. The van der Waals surface area contributed by atoms with Gasteiger partial charge in [0.05, 0.1) is 42.0 Å². The monoisotopic (exact) mass is 595 g/mol. The average molecular weight is 596 g/mol. The van der Waals surface area contributed by atoms with E-state index in [2.05, 4.69) is 22.2 Å². The lowest BCUT2D eigenvalue weighted by Crippen LogP contribution is -2.54. The van der Waals surface area contributed by atoms with Gasteiger partial charge in [0.2, 0.25) is 11.9 Å². The van der Waals surface area contributed by atoms with Crippen LogP contribution < -0.4 is 20.8 Å². The molecule has 0 bridgehead atoms. The third-order valence-corrected chi connectivity index (χ3v) is 8.56. The first-order chi connectivity index (χ1) is 20.6. The molecule has 230 valence electrons. The summed E-state index contributed by atoms with van der Waals surface area (Å²) in [4.78, 5) is 22.7. The normalized spacial score (nSPS) is 23.2. The number of halogens is 2. The van der Waals surface area contributed by atoms with Crippen molar-refractivity contribution in [2.75, 3.05) is 44.7 Å². The molecule has 10 nitrogen and oxygen atoms in total. The first-order valence-corrected chi connectivity index (χ1v) is 14.4. The number of rotatable bonds is 9. The Morgan fingerprint density at radius 3 is 2.63 bits per heavy atom. The summed E-state index contributed by atoms with van der Waals surface area (Å²) in [7, 11) is 5.09. The molecule has 2 aliphatic rings. The molecule has 3 N–H and O–H groups in total. The summed E-state index contributed by atoms with van der Waals surface area (Å²) in [6.45, 7) is 4.19. The van der Waals surface area contributed by atoms with Gasteiger partial charge in [0.25, 0.3) is 0 Å². The van der Waals surface area contributed by atoms with Crippen molar-refractivity contribution in [1.29, 1.82) is 0 Å². The molecule has 0 spiro atoms. The Kier molecular flexibility index (Phi) is 8.97. The van der Waals surface area contributed by atoms with Crippen LogP contribution in [0, 0.1) is 17.6 Å². The Labute approximate surface area is 250 Å². The molecule has 12 heteroatoms. The Balaban J connectivity index is 1.39. The maximum absolute atomic E-state index is 15.3. The average Bonchev–Trinajstić information content (AvgIpc) is 3.37. The van der Waals surface area contributed by atoms with Crippen LogP contribution in [0.25, 0.3) is 6.08 Å². The van der Waals surface area contributed by atoms with Crippen LogP contribution in [0.4, 0.5) is 20.4 Å². The Morgan fingerprint density at radius 2 is 1.95 bits per heavy atom. The van der Waals surface area contributed by atoms with E-state index >= 15 is 8.78 Å².